The zero-order valence-corrected chi connectivity index (χ0v) is 14.5. The van der Waals surface area contributed by atoms with Crippen LogP contribution in [0.15, 0.2) is 53.3 Å². The van der Waals surface area contributed by atoms with E-state index in [1.165, 1.54) is 0 Å². The van der Waals surface area contributed by atoms with Gasteiger partial charge in [0, 0.05) is 6.54 Å². The Balaban J connectivity index is 1.78. The van der Waals surface area contributed by atoms with Crippen LogP contribution in [-0.2, 0) is 13.2 Å². The molecule has 0 aliphatic rings. The number of benzene rings is 2. The fourth-order valence-corrected chi connectivity index (χ4v) is 3.01. The molecule has 2 heterocycles. The summed E-state index contributed by atoms with van der Waals surface area (Å²) in [5, 5.41) is 9.10. The largest absolute Gasteiger partial charge is 0.497 e. The topological polar surface area (TPSA) is 70.7 Å². The number of methoxy groups -OCH3 is 1. The summed E-state index contributed by atoms with van der Waals surface area (Å²) in [6.07, 6.45) is 0. The average molecular weight is 350 g/mol. The van der Waals surface area contributed by atoms with Gasteiger partial charge in [-0.05, 0) is 43.3 Å². The molecule has 26 heavy (non-hydrogen) atoms. The lowest BCUT2D eigenvalue weighted by molar-refractivity contribution is 0.294. The number of ether oxygens (including phenoxy) is 2. The fraction of sp³-hybridized carbons (Fsp3) is 0.211. The zero-order valence-electron chi connectivity index (χ0n) is 14.5. The standard InChI is InChI=1S/C19H18N4O3/c1-3-22-18(24)15-6-4-5-7-16(15)23-17(20-21-19(22)23)12-26-14-10-8-13(25-2)9-11-14/h4-11H,3,12H2,1-2H3. The number of fused-ring (bicyclic) bond motifs is 3. The highest BCUT2D eigenvalue weighted by Gasteiger charge is 2.15. The van der Waals surface area contributed by atoms with Crippen LogP contribution in [0.1, 0.15) is 12.7 Å². The van der Waals surface area contributed by atoms with Gasteiger partial charge in [0.15, 0.2) is 5.82 Å². The Morgan fingerprint density at radius 3 is 2.46 bits per heavy atom. The minimum atomic E-state index is -0.0642. The molecule has 0 unspecified atom stereocenters. The van der Waals surface area contributed by atoms with Crippen LogP contribution >= 0.6 is 0 Å². The van der Waals surface area contributed by atoms with E-state index in [1.807, 2.05) is 59.9 Å². The van der Waals surface area contributed by atoms with Crippen molar-refractivity contribution in [1.29, 1.82) is 0 Å². The molecule has 132 valence electrons. The summed E-state index contributed by atoms with van der Waals surface area (Å²) < 4.78 is 14.5. The molecule has 7 heteroatoms. The van der Waals surface area contributed by atoms with Gasteiger partial charge in [0.2, 0.25) is 5.78 Å². The molecule has 0 saturated carbocycles. The Kier molecular flexibility index (Phi) is 4.04. The molecule has 0 spiro atoms. The van der Waals surface area contributed by atoms with E-state index in [0.717, 1.165) is 11.3 Å². The molecule has 0 saturated heterocycles. The van der Waals surface area contributed by atoms with Crippen molar-refractivity contribution in [2.24, 2.45) is 0 Å². The number of nitrogens with zero attached hydrogens (tertiary/aromatic N) is 4. The molecule has 0 radical (unpaired) electrons. The minimum Gasteiger partial charge on any atom is -0.497 e. The molecule has 0 aliphatic heterocycles. The van der Waals surface area contributed by atoms with Gasteiger partial charge < -0.3 is 9.47 Å². The van der Waals surface area contributed by atoms with Crippen molar-refractivity contribution in [3.8, 4) is 11.5 Å². The van der Waals surface area contributed by atoms with Crippen LogP contribution in [0.5, 0.6) is 11.5 Å². The van der Waals surface area contributed by atoms with Crippen molar-refractivity contribution in [3.05, 3.63) is 64.7 Å². The van der Waals surface area contributed by atoms with Gasteiger partial charge in [-0.2, -0.15) is 0 Å². The zero-order chi connectivity index (χ0) is 18.1. The van der Waals surface area contributed by atoms with Crippen LogP contribution in [0.3, 0.4) is 0 Å². The summed E-state index contributed by atoms with van der Waals surface area (Å²) in [5.74, 6) is 2.62. The lowest BCUT2D eigenvalue weighted by Crippen LogP contribution is -2.22. The van der Waals surface area contributed by atoms with E-state index >= 15 is 0 Å². The Labute approximate surface area is 149 Å². The normalized spacial score (nSPS) is 11.2. The third-order valence-electron chi connectivity index (χ3n) is 4.32. The maximum absolute atomic E-state index is 12.7. The van der Waals surface area contributed by atoms with Crippen molar-refractivity contribution >= 4 is 16.7 Å². The highest BCUT2D eigenvalue weighted by Crippen LogP contribution is 2.19. The van der Waals surface area contributed by atoms with E-state index in [0.29, 0.717) is 29.3 Å². The second-order valence-electron chi connectivity index (χ2n) is 5.78. The summed E-state index contributed by atoms with van der Waals surface area (Å²) in [6.45, 7) is 2.67. The number of hydrogen-bond acceptors (Lipinski definition) is 5. The number of rotatable bonds is 5. The third-order valence-corrected chi connectivity index (χ3v) is 4.32. The van der Waals surface area contributed by atoms with Gasteiger partial charge in [-0.3, -0.25) is 13.8 Å². The first kappa shape index (κ1) is 16.1. The second-order valence-corrected chi connectivity index (χ2v) is 5.78. The summed E-state index contributed by atoms with van der Waals surface area (Å²) in [6, 6.07) is 14.8. The van der Waals surface area contributed by atoms with Gasteiger partial charge in [0.25, 0.3) is 5.56 Å². The molecule has 0 bridgehead atoms. The van der Waals surface area contributed by atoms with E-state index in [1.54, 1.807) is 11.7 Å². The molecule has 0 atom stereocenters. The predicted octanol–water partition coefficient (Wildman–Crippen LogP) is 2.65. The molecule has 4 rings (SSSR count). The van der Waals surface area contributed by atoms with Crippen LogP contribution in [0.4, 0.5) is 0 Å². The van der Waals surface area contributed by atoms with Crippen molar-refractivity contribution in [2.75, 3.05) is 7.11 Å². The smallest absolute Gasteiger partial charge is 0.262 e. The Morgan fingerprint density at radius 1 is 1.00 bits per heavy atom. The van der Waals surface area contributed by atoms with E-state index < -0.39 is 0 Å². The Hall–Kier alpha value is -3.35. The average Bonchev–Trinajstić information content (AvgIpc) is 3.11. The van der Waals surface area contributed by atoms with Crippen LogP contribution in [0.25, 0.3) is 16.7 Å². The van der Waals surface area contributed by atoms with E-state index in [4.69, 9.17) is 9.47 Å². The maximum Gasteiger partial charge on any atom is 0.262 e. The first-order valence-corrected chi connectivity index (χ1v) is 8.35. The summed E-state index contributed by atoms with van der Waals surface area (Å²) in [5.41, 5.74) is 0.709. The molecule has 2 aromatic heterocycles. The van der Waals surface area contributed by atoms with Gasteiger partial charge in [-0.15, -0.1) is 10.2 Å². The van der Waals surface area contributed by atoms with Gasteiger partial charge in [0.1, 0.15) is 18.1 Å². The van der Waals surface area contributed by atoms with Gasteiger partial charge in [-0.1, -0.05) is 12.1 Å². The number of hydrogen-bond donors (Lipinski definition) is 0. The van der Waals surface area contributed by atoms with Crippen molar-refractivity contribution in [3.63, 3.8) is 0 Å². The summed E-state index contributed by atoms with van der Waals surface area (Å²) in [4.78, 5) is 12.7. The van der Waals surface area contributed by atoms with Crippen LogP contribution in [-0.4, -0.2) is 26.3 Å². The number of para-hydroxylation sites is 1. The van der Waals surface area contributed by atoms with Crippen LogP contribution < -0.4 is 15.0 Å². The van der Waals surface area contributed by atoms with Crippen LogP contribution in [0.2, 0.25) is 0 Å². The molecule has 0 amide bonds. The molecule has 0 aliphatic carbocycles. The predicted molar refractivity (Wildman–Crippen MR) is 97.8 cm³/mol. The molecule has 0 N–H and O–H groups in total. The van der Waals surface area contributed by atoms with Crippen molar-refractivity contribution in [1.82, 2.24) is 19.2 Å². The first-order chi connectivity index (χ1) is 12.7. The van der Waals surface area contributed by atoms with Crippen molar-refractivity contribution in [2.45, 2.75) is 20.1 Å². The van der Waals surface area contributed by atoms with E-state index in [2.05, 4.69) is 10.2 Å². The molecule has 0 fully saturated rings. The monoisotopic (exact) mass is 350 g/mol. The highest BCUT2D eigenvalue weighted by atomic mass is 16.5. The lowest BCUT2D eigenvalue weighted by atomic mass is 10.2. The third kappa shape index (κ3) is 2.57. The van der Waals surface area contributed by atoms with Gasteiger partial charge in [0.05, 0.1) is 18.0 Å². The molecular formula is C19H18N4O3. The molecular weight excluding hydrogens is 332 g/mol. The van der Waals surface area contributed by atoms with Crippen LogP contribution in [0, 0.1) is 0 Å². The Morgan fingerprint density at radius 2 is 1.73 bits per heavy atom. The molecule has 7 nitrogen and oxygen atoms in total. The van der Waals surface area contributed by atoms with Gasteiger partial charge >= 0.3 is 0 Å². The van der Waals surface area contributed by atoms with Gasteiger partial charge in [-0.25, -0.2) is 0 Å². The fourth-order valence-electron chi connectivity index (χ4n) is 3.01. The SMILES string of the molecule is CCn1c(=O)c2ccccc2n2c(COc3ccc(OC)cc3)nnc12. The Bertz CT molecular complexity index is 1130. The number of aryl methyl sites for hydroxylation is 1. The first-order valence-electron chi connectivity index (χ1n) is 8.35. The molecule has 4 aromatic rings. The quantitative estimate of drug-likeness (QED) is 0.553. The van der Waals surface area contributed by atoms with E-state index in [9.17, 15) is 4.79 Å². The lowest BCUT2D eigenvalue weighted by Gasteiger charge is -2.10. The number of aromatic nitrogens is 4. The maximum atomic E-state index is 12.7. The summed E-state index contributed by atoms with van der Waals surface area (Å²) in [7, 11) is 1.62. The minimum absolute atomic E-state index is 0.0642. The van der Waals surface area contributed by atoms with Crippen molar-refractivity contribution < 1.29 is 9.47 Å². The highest BCUT2D eigenvalue weighted by molar-refractivity contribution is 5.80. The molecule has 2 aromatic carbocycles. The summed E-state index contributed by atoms with van der Waals surface area (Å²) >= 11 is 0. The second kappa shape index (κ2) is 6.51. The van der Waals surface area contributed by atoms with E-state index in [-0.39, 0.29) is 12.2 Å².